The standard InChI is InChI=1S/C16H20FN3/c1-10-11(2)19-20(12(10)3)16-6-4-5-15(17)14(16)9-18-13-7-8-13/h4-6,13,18H,7-9H2,1-3H3. The van der Waals surface area contributed by atoms with Gasteiger partial charge in [0, 0.05) is 23.8 Å². The number of aromatic nitrogens is 2. The molecule has 1 aliphatic carbocycles. The summed E-state index contributed by atoms with van der Waals surface area (Å²) >= 11 is 0. The summed E-state index contributed by atoms with van der Waals surface area (Å²) in [7, 11) is 0. The molecule has 1 saturated carbocycles. The van der Waals surface area contributed by atoms with Crippen molar-refractivity contribution in [1.29, 1.82) is 0 Å². The molecule has 0 bridgehead atoms. The summed E-state index contributed by atoms with van der Waals surface area (Å²) in [6, 6.07) is 5.76. The lowest BCUT2D eigenvalue weighted by Gasteiger charge is -2.13. The van der Waals surface area contributed by atoms with Crippen molar-refractivity contribution < 1.29 is 4.39 Å². The van der Waals surface area contributed by atoms with Crippen LogP contribution in [0.25, 0.3) is 5.69 Å². The van der Waals surface area contributed by atoms with Crippen LogP contribution in [0.2, 0.25) is 0 Å². The summed E-state index contributed by atoms with van der Waals surface area (Å²) in [4.78, 5) is 0. The molecule has 2 aromatic rings. The Kier molecular flexibility index (Phi) is 3.34. The smallest absolute Gasteiger partial charge is 0.129 e. The Morgan fingerprint density at radius 1 is 1.30 bits per heavy atom. The number of rotatable bonds is 4. The molecule has 0 atom stereocenters. The van der Waals surface area contributed by atoms with Crippen LogP contribution in [-0.2, 0) is 6.54 Å². The van der Waals surface area contributed by atoms with Crippen LogP contribution in [0.5, 0.6) is 0 Å². The van der Waals surface area contributed by atoms with Gasteiger partial charge in [0.15, 0.2) is 0 Å². The van der Waals surface area contributed by atoms with Crippen LogP contribution >= 0.6 is 0 Å². The van der Waals surface area contributed by atoms with Crippen molar-refractivity contribution in [3.8, 4) is 5.69 Å². The Morgan fingerprint density at radius 3 is 2.65 bits per heavy atom. The summed E-state index contributed by atoms with van der Waals surface area (Å²) in [6.45, 7) is 6.62. The van der Waals surface area contributed by atoms with E-state index in [2.05, 4.69) is 17.3 Å². The highest BCUT2D eigenvalue weighted by molar-refractivity contribution is 5.44. The number of aryl methyl sites for hydroxylation is 1. The average Bonchev–Trinajstić information content (AvgIpc) is 3.21. The fourth-order valence-corrected chi connectivity index (χ4v) is 2.41. The molecule has 3 nitrogen and oxygen atoms in total. The minimum atomic E-state index is -0.166. The molecule has 0 unspecified atom stereocenters. The summed E-state index contributed by atoms with van der Waals surface area (Å²) < 4.78 is 16.0. The molecule has 0 aliphatic heterocycles. The van der Waals surface area contributed by atoms with Crippen molar-refractivity contribution >= 4 is 0 Å². The maximum absolute atomic E-state index is 14.2. The number of nitrogens with zero attached hydrogens (tertiary/aromatic N) is 2. The van der Waals surface area contributed by atoms with Gasteiger partial charge in [0.1, 0.15) is 5.82 Å². The first kappa shape index (κ1) is 13.3. The van der Waals surface area contributed by atoms with Crippen LogP contribution in [0, 0.1) is 26.6 Å². The van der Waals surface area contributed by atoms with E-state index in [1.54, 1.807) is 6.07 Å². The van der Waals surface area contributed by atoms with Gasteiger partial charge in [0.25, 0.3) is 0 Å². The van der Waals surface area contributed by atoms with E-state index in [-0.39, 0.29) is 5.82 Å². The van der Waals surface area contributed by atoms with Gasteiger partial charge in [-0.15, -0.1) is 0 Å². The molecule has 1 aliphatic rings. The summed E-state index contributed by atoms with van der Waals surface area (Å²) in [5.41, 5.74) is 4.76. The van der Waals surface area contributed by atoms with Gasteiger partial charge in [-0.1, -0.05) is 6.07 Å². The first-order valence-electron chi connectivity index (χ1n) is 7.12. The molecule has 1 heterocycles. The highest BCUT2D eigenvalue weighted by Gasteiger charge is 2.22. The highest BCUT2D eigenvalue weighted by Crippen LogP contribution is 2.24. The Bertz CT molecular complexity index is 641. The van der Waals surface area contributed by atoms with E-state index < -0.39 is 0 Å². The molecule has 106 valence electrons. The van der Waals surface area contributed by atoms with E-state index in [0.29, 0.717) is 18.2 Å². The second-order valence-electron chi connectivity index (χ2n) is 5.60. The van der Waals surface area contributed by atoms with Crippen molar-refractivity contribution in [3.05, 3.63) is 46.5 Å². The van der Waals surface area contributed by atoms with Gasteiger partial charge in [-0.25, -0.2) is 9.07 Å². The van der Waals surface area contributed by atoms with Gasteiger partial charge in [0.2, 0.25) is 0 Å². The summed E-state index contributed by atoms with van der Waals surface area (Å²) in [5.74, 6) is -0.166. The Hall–Kier alpha value is -1.68. The molecule has 1 aromatic heterocycles. The van der Waals surface area contributed by atoms with Crippen LogP contribution in [-0.4, -0.2) is 15.8 Å². The topological polar surface area (TPSA) is 29.9 Å². The van der Waals surface area contributed by atoms with Crippen LogP contribution in [0.3, 0.4) is 0 Å². The minimum absolute atomic E-state index is 0.166. The fourth-order valence-electron chi connectivity index (χ4n) is 2.41. The quantitative estimate of drug-likeness (QED) is 0.927. The van der Waals surface area contributed by atoms with Crippen LogP contribution in [0.15, 0.2) is 18.2 Å². The van der Waals surface area contributed by atoms with Crippen LogP contribution in [0.4, 0.5) is 4.39 Å². The van der Waals surface area contributed by atoms with Crippen molar-refractivity contribution in [2.24, 2.45) is 0 Å². The van der Waals surface area contributed by atoms with Gasteiger partial charge >= 0.3 is 0 Å². The molecule has 0 radical (unpaired) electrons. The van der Waals surface area contributed by atoms with E-state index >= 15 is 0 Å². The first-order valence-corrected chi connectivity index (χ1v) is 7.12. The van der Waals surface area contributed by atoms with Crippen molar-refractivity contribution in [1.82, 2.24) is 15.1 Å². The zero-order valence-corrected chi connectivity index (χ0v) is 12.2. The molecular formula is C16H20FN3. The lowest BCUT2D eigenvalue weighted by Crippen LogP contribution is -2.18. The van der Waals surface area contributed by atoms with E-state index in [1.807, 2.05) is 24.6 Å². The third-order valence-electron chi connectivity index (χ3n) is 4.12. The third kappa shape index (κ3) is 2.36. The normalized spacial score (nSPS) is 14.8. The van der Waals surface area contributed by atoms with E-state index in [0.717, 1.165) is 22.6 Å². The van der Waals surface area contributed by atoms with Gasteiger partial charge in [-0.2, -0.15) is 5.10 Å². The molecule has 0 amide bonds. The fraction of sp³-hybridized carbons (Fsp3) is 0.438. The lowest BCUT2D eigenvalue weighted by molar-refractivity contribution is 0.582. The Balaban J connectivity index is 2.02. The number of nitrogens with one attached hydrogen (secondary N) is 1. The molecule has 20 heavy (non-hydrogen) atoms. The zero-order valence-electron chi connectivity index (χ0n) is 12.2. The Labute approximate surface area is 118 Å². The Morgan fingerprint density at radius 2 is 2.05 bits per heavy atom. The molecule has 0 saturated heterocycles. The summed E-state index contributed by atoms with van der Waals surface area (Å²) in [5, 5.41) is 7.93. The number of hydrogen-bond acceptors (Lipinski definition) is 2. The maximum Gasteiger partial charge on any atom is 0.129 e. The predicted molar refractivity (Wildman–Crippen MR) is 77.6 cm³/mol. The van der Waals surface area contributed by atoms with Gasteiger partial charge in [-0.05, 0) is 51.3 Å². The van der Waals surface area contributed by atoms with Crippen molar-refractivity contribution in [3.63, 3.8) is 0 Å². The number of halogens is 1. The molecule has 3 rings (SSSR count). The first-order chi connectivity index (χ1) is 9.58. The lowest BCUT2D eigenvalue weighted by atomic mass is 10.1. The predicted octanol–water partition coefficient (Wildman–Crippen LogP) is 3.19. The maximum atomic E-state index is 14.2. The van der Waals surface area contributed by atoms with Crippen LogP contribution < -0.4 is 5.32 Å². The van der Waals surface area contributed by atoms with Crippen molar-refractivity contribution in [2.75, 3.05) is 0 Å². The monoisotopic (exact) mass is 273 g/mol. The molecule has 1 aromatic carbocycles. The molecular weight excluding hydrogens is 253 g/mol. The minimum Gasteiger partial charge on any atom is -0.310 e. The second-order valence-corrected chi connectivity index (χ2v) is 5.60. The molecule has 1 fully saturated rings. The van der Waals surface area contributed by atoms with Crippen molar-refractivity contribution in [2.45, 2.75) is 46.2 Å². The number of hydrogen-bond donors (Lipinski definition) is 1. The molecule has 4 heteroatoms. The zero-order chi connectivity index (χ0) is 14.3. The molecule has 0 spiro atoms. The SMILES string of the molecule is Cc1nn(-c2cccc(F)c2CNC2CC2)c(C)c1C. The average molecular weight is 273 g/mol. The molecule has 1 N–H and O–H groups in total. The third-order valence-corrected chi connectivity index (χ3v) is 4.12. The second kappa shape index (κ2) is 5.02. The van der Waals surface area contributed by atoms with Gasteiger partial charge < -0.3 is 5.32 Å². The van der Waals surface area contributed by atoms with Gasteiger partial charge in [0.05, 0.1) is 11.4 Å². The van der Waals surface area contributed by atoms with E-state index in [4.69, 9.17) is 0 Å². The highest BCUT2D eigenvalue weighted by atomic mass is 19.1. The number of benzene rings is 1. The summed E-state index contributed by atoms with van der Waals surface area (Å²) in [6.07, 6.45) is 2.39. The van der Waals surface area contributed by atoms with E-state index in [1.165, 1.54) is 18.9 Å². The van der Waals surface area contributed by atoms with E-state index in [9.17, 15) is 4.39 Å². The van der Waals surface area contributed by atoms with Gasteiger partial charge in [-0.3, -0.25) is 0 Å². The van der Waals surface area contributed by atoms with Crippen LogP contribution in [0.1, 0.15) is 35.4 Å². The largest absolute Gasteiger partial charge is 0.310 e.